The fraction of sp³-hybridized carbons (Fsp3) is 0.286. The van der Waals surface area contributed by atoms with Crippen molar-refractivity contribution < 1.29 is 4.92 Å². The van der Waals surface area contributed by atoms with Crippen molar-refractivity contribution in [2.45, 2.75) is 12.8 Å². The van der Waals surface area contributed by atoms with Crippen LogP contribution in [0.15, 0.2) is 36.7 Å². The molecule has 1 aromatic heterocycles. The molecule has 1 saturated heterocycles. The van der Waals surface area contributed by atoms with E-state index in [1.807, 2.05) is 6.07 Å². The summed E-state index contributed by atoms with van der Waals surface area (Å²) in [5.41, 5.74) is 0.684. The Kier molecular flexibility index (Phi) is 3.63. The van der Waals surface area contributed by atoms with Crippen LogP contribution in [-0.4, -0.2) is 28.0 Å². The van der Waals surface area contributed by atoms with Crippen molar-refractivity contribution in [3.05, 3.63) is 46.8 Å². The van der Waals surface area contributed by atoms with Crippen molar-refractivity contribution in [2.75, 3.05) is 23.3 Å². The number of nitro groups is 1. The van der Waals surface area contributed by atoms with Crippen molar-refractivity contribution in [2.24, 2.45) is 0 Å². The van der Waals surface area contributed by atoms with Crippen LogP contribution in [0.3, 0.4) is 0 Å². The van der Waals surface area contributed by atoms with Gasteiger partial charge in [-0.15, -0.1) is 0 Å². The number of aromatic nitrogens is 2. The lowest BCUT2D eigenvalue weighted by atomic mass is 10.3. The van der Waals surface area contributed by atoms with E-state index in [9.17, 15) is 10.1 Å². The van der Waals surface area contributed by atoms with E-state index in [1.54, 1.807) is 12.1 Å². The summed E-state index contributed by atoms with van der Waals surface area (Å²) in [6.45, 7) is 2.01. The third-order valence-corrected chi connectivity index (χ3v) is 3.41. The first kappa shape index (κ1) is 13.3. The van der Waals surface area contributed by atoms with Crippen molar-refractivity contribution >= 4 is 23.0 Å². The van der Waals surface area contributed by atoms with E-state index < -0.39 is 4.92 Å². The minimum absolute atomic E-state index is 0.0498. The zero-order valence-corrected chi connectivity index (χ0v) is 11.4. The maximum atomic E-state index is 10.8. The summed E-state index contributed by atoms with van der Waals surface area (Å²) in [5, 5.41) is 13.9. The van der Waals surface area contributed by atoms with Gasteiger partial charge in [0.15, 0.2) is 0 Å². The van der Waals surface area contributed by atoms with Gasteiger partial charge in [0.05, 0.1) is 4.92 Å². The molecule has 3 rings (SSSR count). The van der Waals surface area contributed by atoms with Gasteiger partial charge in [-0.2, -0.15) is 0 Å². The van der Waals surface area contributed by atoms with E-state index in [-0.39, 0.29) is 5.69 Å². The molecule has 108 valence electrons. The highest BCUT2D eigenvalue weighted by atomic mass is 16.6. The molecule has 7 heteroatoms. The second kappa shape index (κ2) is 5.74. The zero-order chi connectivity index (χ0) is 14.7. The first-order chi connectivity index (χ1) is 10.2. The number of rotatable bonds is 4. The van der Waals surface area contributed by atoms with Gasteiger partial charge in [-0.05, 0) is 18.9 Å². The normalized spacial score (nSPS) is 14.2. The van der Waals surface area contributed by atoms with Crippen LogP contribution in [0, 0.1) is 10.1 Å². The molecule has 0 unspecified atom stereocenters. The Morgan fingerprint density at radius 2 is 2.00 bits per heavy atom. The molecule has 0 radical (unpaired) electrons. The van der Waals surface area contributed by atoms with Crippen molar-refractivity contribution in [1.82, 2.24) is 9.97 Å². The standard InChI is InChI=1S/C14H15N5O2/c20-19(21)12-5-3-4-11(8-12)17-13-9-14(16-10-15-13)18-6-1-2-7-18/h3-5,8-10H,1-2,6-7H2,(H,15,16,17). The molecular weight excluding hydrogens is 270 g/mol. The molecular formula is C14H15N5O2. The number of benzene rings is 1. The largest absolute Gasteiger partial charge is 0.356 e. The fourth-order valence-electron chi connectivity index (χ4n) is 2.38. The van der Waals surface area contributed by atoms with Gasteiger partial charge in [0.1, 0.15) is 18.0 Å². The molecule has 0 bridgehead atoms. The SMILES string of the molecule is O=[N+]([O-])c1cccc(Nc2cc(N3CCCC3)ncn2)c1. The van der Waals surface area contributed by atoms with Gasteiger partial charge in [0.25, 0.3) is 5.69 Å². The minimum Gasteiger partial charge on any atom is -0.356 e. The molecule has 0 amide bonds. The Balaban J connectivity index is 1.79. The third kappa shape index (κ3) is 3.07. The number of nitrogens with zero attached hydrogens (tertiary/aromatic N) is 4. The van der Waals surface area contributed by atoms with Crippen LogP contribution in [0.5, 0.6) is 0 Å². The summed E-state index contributed by atoms with van der Waals surface area (Å²) in [6.07, 6.45) is 3.86. The molecule has 7 nitrogen and oxygen atoms in total. The van der Waals surface area contributed by atoms with Gasteiger partial charge in [-0.1, -0.05) is 6.07 Å². The Bertz CT molecular complexity index is 655. The van der Waals surface area contributed by atoms with Crippen LogP contribution in [-0.2, 0) is 0 Å². The molecule has 1 N–H and O–H groups in total. The summed E-state index contributed by atoms with van der Waals surface area (Å²) in [6, 6.07) is 8.22. The Labute approximate surface area is 121 Å². The average Bonchev–Trinajstić information content (AvgIpc) is 3.02. The lowest BCUT2D eigenvalue weighted by molar-refractivity contribution is -0.384. The molecule has 0 aliphatic carbocycles. The molecule has 1 aliphatic rings. The number of hydrogen-bond donors (Lipinski definition) is 1. The topological polar surface area (TPSA) is 84.2 Å². The lowest BCUT2D eigenvalue weighted by Crippen LogP contribution is -2.19. The van der Waals surface area contributed by atoms with E-state index in [2.05, 4.69) is 20.2 Å². The molecule has 2 aromatic rings. The highest BCUT2D eigenvalue weighted by Gasteiger charge is 2.14. The molecule has 0 saturated carbocycles. The van der Waals surface area contributed by atoms with Gasteiger partial charge in [-0.3, -0.25) is 10.1 Å². The molecule has 21 heavy (non-hydrogen) atoms. The van der Waals surface area contributed by atoms with E-state index in [0.717, 1.165) is 18.9 Å². The maximum absolute atomic E-state index is 10.8. The predicted molar refractivity (Wildman–Crippen MR) is 79.9 cm³/mol. The molecule has 0 spiro atoms. The summed E-state index contributed by atoms with van der Waals surface area (Å²) in [4.78, 5) is 21.0. The summed E-state index contributed by atoms with van der Waals surface area (Å²) in [7, 11) is 0. The molecule has 2 heterocycles. The summed E-state index contributed by atoms with van der Waals surface area (Å²) >= 11 is 0. The number of non-ortho nitro benzene ring substituents is 1. The van der Waals surface area contributed by atoms with Crippen LogP contribution >= 0.6 is 0 Å². The van der Waals surface area contributed by atoms with Gasteiger partial charge < -0.3 is 10.2 Å². The number of nitro benzene ring substituents is 1. The van der Waals surface area contributed by atoms with E-state index in [0.29, 0.717) is 11.5 Å². The average molecular weight is 285 g/mol. The minimum atomic E-state index is -0.416. The molecule has 1 aromatic carbocycles. The molecule has 1 aliphatic heterocycles. The summed E-state index contributed by atoms with van der Waals surface area (Å²) in [5.74, 6) is 1.52. The van der Waals surface area contributed by atoms with Crippen LogP contribution in [0.2, 0.25) is 0 Å². The highest BCUT2D eigenvalue weighted by molar-refractivity contribution is 5.61. The number of anilines is 3. The Morgan fingerprint density at radius 1 is 1.19 bits per heavy atom. The van der Waals surface area contributed by atoms with Gasteiger partial charge in [0.2, 0.25) is 0 Å². The van der Waals surface area contributed by atoms with E-state index >= 15 is 0 Å². The van der Waals surface area contributed by atoms with Crippen molar-refractivity contribution in [3.63, 3.8) is 0 Å². The smallest absolute Gasteiger partial charge is 0.271 e. The molecule has 0 atom stereocenters. The van der Waals surface area contributed by atoms with E-state index in [4.69, 9.17) is 0 Å². The Morgan fingerprint density at radius 3 is 2.76 bits per heavy atom. The zero-order valence-electron chi connectivity index (χ0n) is 11.4. The third-order valence-electron chi connectivity index (χ3n) is 3.41. The lowest BCUT2D eigenvalue weighted by Gasteiger charge is -2.16. The second-order valence-corrected chi connectivity index (χ2v) is 4.89. The van der Waals surface area contributed by atoms with Crippen LogP contribution in [0.4, 0.5) is 23.0 Å². The Hall–Kier alpha value is -2.70. The van der Waals surface area contributed by atoms with Crippen LogP contribution in [0.1, 0.15) is 12.8 Å². The maximum Gasteiger partial charge on any atom is 0.271 e. The monoisotopic (exact) mass is 285 g/mol. The first-order valence-corrected chi connectivity index (χ1v) is 6.81. The predicted octanol–water partition coefficient (Wildman–Crippen LogP) is 2.73. The quantitative estimate of drug-likeness (QED) is 0.687. The van der Waals surface area contributed by atoms with Gasteiger partial charge >= 0.3 is 0 Å². The van der Waals surface area contributed by atoms with Crippen LogP contribution in [0.25, 0.3) is 0 Å². The second-order valence-electron chi connectivity index (χ2n) is 4.89. The number of hydrogen-bond acceptors (Lipinski definition) is 6. The van der Waals surface area contributed by atoms with E-state index in [1.165, 1.54) is 31.3 Å². The van der Waals surface area contributed by atoms with Gasteiger partial charge in [-0.25, -0.2) is 9.97 Å². The number of nitrogens with one attached hydrogen (secondary N) is 1. The van der Waals surface area contributed by atoms with Crippen molar-refractivity contribution in [3.8, 4) is 0 Å². The first-order valence-electron chi connectivity index (χ1n) is 6.81. The fourth-order valence-corrected chi connectivity index (χ4v) is 2.38. The van der Waals surface area contributed by atoms with Crippen molar-refractivity contribution in [1.29, 1.82) is 0 Å². The van der Waals surface area contributed by atoms with Crippen LogP contribution < -0.4 is 10.2 Å². The summed E-state index contributed by atoms with van der Waals surface area (Å²) < 4.78 is 0. The molecule has 1 fully saturated rings. The van der Waals surface area contributed by atoms with Gasteiger partial charge in [0, 0.05) is 37.0 Å². The highest BCUT2D eigenvalue weighted by Crippen LogP contribution is 2.23.